The molecule has 3 heterocycles. The van der Waals surface area contributed by atoms with E-state index < -0.39 is 7.21 Å². The highest BCUT2D eigenvalue weighted by atomic mass is 31.2. The fourth-order valence-corrected chi connectivity index (χ4v) is 6.22. The van der Waals surface area contributed by atoms with Crippen molar-refractivity contribution in [2.24, 2.45) is 28.6 Å². The molecule has 0 saturated carbocycles. The lowest BCUT2D eigenvalue weighted by Crippen LogP contribution is -2.28. The van der Waals surface area contributed by atoms with Gasteiger partial charge in [0, 0.05) is 10.6 Å². The predicted octanol–water partition coefficient (Wildman–Crippen LogP) is 1.83. The Kier molecular flexibility index (Phi) is 4.52. The summed E-state index contributed by atoms with van der Waals surface area (Å²) in [4.78, 5) is 4.82. The number of aromatic nitrogens is 4. The maximum atomic E-state index is 5.22. The van der Waals surface area contributed by atoms with Crippen molar-refractivity contribution in [3.05, 3.63) is 98.1 Å². The molecule has 0 spiro atoms. The van der Waals surface area contributed by atoms with Crippen LogP contribution in [0.3, 0.4) is 0 Å². The molecule has 1 aliphatic heterocycles. The maximum absolute atomic E-state index is 5.22. The molecule has 0 aliphatic carbocycles. The van der Waals surface area contributed by atoms with Crippen molar-refractivity contribution in [1.82, 2.24) is 9.13 Å². The highest BCUT2D eigenvalue weighted by Crippen LogP contribution is 2.50. The third-order valence-corrected chi connectivity index (χ3v) is 7.87. The average molecular weight is 415 g/mol. The first-order chi connectivity index (χ1) is 14.6. The Labute approximate surface area is 175 Å². The van der Waals surface area contributed by atoms with Crippen molar-refractivity contribution in [3.8, 4) is 0 Å². The fourth-order valence-electron chi connectivity index (χ4n) is 3.42. The van der Waals surface area contributed by atoms with Gasteiger partial charge in [0.2, 0.25) is 0 Å². The molecule has 8 heteroatoms. The Morgan fingerprint density at radius 1 is 0.700 bits per heavy atom. The smallest absolute Gasteiger partial charge is 0.239 e. The zero-order valence-electron chi connectivity index (χ0n) is 16.8. The molecule has 0 fully saturated rings. The maximum Gasteiger partial charge on any atom is 0.331 e. The van der Waals surface area contributed by atoms with Crippen molar-refractivity contribution in [2.75, 3.05) is 0 Å². The van der Waals surface area contributed by atoms with Crippen LogP contribution in [0.2, 0.25) is 0 Å². The van der Waals surface area contributed by atoms with Gasteiger partial charge in [-0.2, -0.15) is 18.6 Å². The lowest BCUT2D eigenvalue weighted by Gasteiger charge is -2.23. The minimum atomic E-state index is -2.50. The largest absolute Gasteiger partial charge is 0.331 e. The van der Waals surface area contributed by atoms with Gasteiger partial charge in [0.05, 0.1) is 14.1 Å². The van der Waals surface area contributed by atoms with Crippen LogP contribution < -0.4 is 19.7 Å². The average Bonchev–Trinajstić information content (AvgIpc) is 3.43. The summed E-state index contributed by atoms with van der Waals surface area (Å²) in [7, 11) is 1.47. The number of rotatable bonds is 2. The lowest BCUT2D eigenvalue weighted by atomic mass is 10.4. The second-order valence-corrected chi connectivity index (χ2v) is 9.79. The Hall–Kier alpha value is -3.57. The Morgan fingerprint density at radius 3 is 1.67 bits per heavy atom. The van der Waals surface area contributed by atoms with Gasteiger partial charge in [-0.05, 0) is 0 Å². The van der Waals surface area contributed by atoms with Crippen LogP contribution in [0.15, 0.2) is 113 Å². The van der Waals surface area contributed by atoms with E-state index in [1.54, 1.807) is 0 Å². The highest BCUT2D eigenvalue weighted by molar-refractivity contribution is 7.80. The van der Waals surface area contributed by atoms with Crippen LogP contribution in [0.4, 0.5) is 0 Å². The van der Waals surface area contributed by atoms with Gasteiger partial charge in [-0.15, -0.1) is 4.99 Å². The highest BCUT2D eigenvalue weighted by Gasteiger charge is 2.33. The van der Waals surface area contributed by atoms with E-state index in [1.807, 2.05) is 106 Å². The molecule has 0 N–H and O–H groups in total. The molecule has 0 amide bonds. The normalized spacial score (nSPS) is 15.3. The molecule has 0 saturated heterocycles. The van der Waals surface area contributed by atoms with E-state index in [1.165, 1.54) is 0 Å². The van der Waals surface area contributed by atoms with Gasteiger partial charge in [0.25, 0.3) is 12.7 Å². The minimum Gasteiger partial charge on any atom is -0.239 e. The van der Waals surface area contributed by atoms with Gasteiger partial charge in [-0.3, -0.25) is 0 Å². The van der Waals surface area contributed by atoms with E-state index in [9.17, 15) is 0 Å². The van der Waals surface area contributed by atoms with E-state index >= 15 is 0 Å². The number of hydrogen-bond donors (Lipinski definition) is 0. The third kappa shape index (κ3) is 3.23. The van der Waals surface area contributed by atoms with Crippen LogP contribution in [0.1, 0.15) is 0 Å². The predicted molar refractivity (Wildman–Crippen MR) is 118 cm³/mol. The zero-order valence-corrected chi connectivity index (χ0v) is 17.7. The molecule has 1 aliphatic rings. The lowest BCUT2D eigenvalue weighted by molar-refractivity contribution is -0.670. The van der Waals surface area contributed by atoms with E-state index in [2.05, 4.69) is 24.3 Å². The molecule has 5 rings (SSSR count). The molecular weight excluding hydrogens is 393 g/mol. The van der Waals surface area contributed by atoms with Crippen LogP contribution in [-0.2, 0) is 14.1 Å². The monoisotopic (exact) mass is 415 g/mol. The summed E-state index contributed by atoms with van der Waals surface area (Å²) in [6, 6.07) is 20.7. The van der Waals surface area contributed by atoms with Gasteiger partial charge in [-0.1, -0.05) is 60.7 Å². The number of imidazole rings is 2. The van der Waals surface area contributed by atoms with Gasteiger partial charge >= 0.3 is 11.9 Å². The molecule has 30 heavy (non-hydrogen) atoms. The Bertz CT molecular complexity index is 1230. The minimum absolute atomic E-state index is 0.623. The van der Waals surface area contributed by atoms with Gasteiger partial charge in [0.15, 0.2) is 0 Å². The van der Waals surface area contributed by atoms with Crippen molar-refractivity contribution < 1.29 is 9.13 Å². The summed E-state index contributed by atoms with van der Waals surface area (Å²) < 4.78 is 18.3. The fraction of sp³-hybridized carbons (Fsp3) is 0.0909. The van der Waals surface area contributed by atoms with Gasteiger partial charge in [0.1, 0.15) is 32.0 Å². The molecule has 2 aromatic carbocycles. The van der Waals surface area contributed by atoms with Crippen molar-refractivity contribution in [1.29, 1.82) is 0 Å². The molecule has 0 atom stereocenters. The van der Waals surface area contributed by atoms with Crippen molar-refractivity contribution in [2.45, 2.75) is 0 Å². The van der Waals surface area contributed by atoms with E-state index in [-0.39, 0.29) is 0 Å². The summed E-state index contributed by atoms with van der Waals surface area (Å²) in [5.41, 5.74) is 0. The molecular formula is C22H22N7P+2. The Balaban J connectivity index is 1.84. The number of nitrogens with zero attached hydrogens (tertiary/aromatic N) is 7. The van der Waals surface area contributed by atoms with Gasteiger partial charge in [-0.25, -0.2) is 9.13 Å². The third-order valence-electron chi connectivity index (χ3n) is 4.90. The van der Waals surface area contributed by atoms with E-state index in [4.69, 9.17) is 14.5 Å². The molecule has 4 aromatic rings. The first-order valence-electron chi connectivity index (χ1n) is 9.64. The molecule has 0 unspecified atom stereocenters. The van der Waals surface area contributed by atoms with Crippen molar-refractivity contribution in [3.63, 3.8) is 0 Å². The quantitative estimate of drug-likeness (QED) is 0.354. The number of benzene rings is 2. The standard InChI is InChI=1S/C22H22N7P/c1-26-13-15-28(17-26)21-23-22(29-16-14-27(2)18-29)25-30(24-21,19-9-5-3-6-10-19)20-11-7-4-8-12-20/h3-18H,1-2H3/q+2. The molecule has 0 radical (unpaired) electrons. The van der Waals surface area contributed by atoms with Crippen LogP contribution in [-0.4, -0.2) is 21.1 Å². The summed E-state index contributed by atoms with van der Waals surface area (Å²) in [5, 5.41) is 2.18. The van der Waals surface area contributed by atoms with E-state index in [0.717, 1.165) is 10.6 Å². The summed E-state index contributed by atoms with van der Waals surface area (Å²) >= 11 is 0. The second-order valence-electron chi connectivity index (χ2n) is 7.16. The van der Waals surface area contributed by atoms with Crippen molar-refractivity contribution >= 4 is 29.7 Å². The molecule has 7 nitrogen and oxygen atoms in total. The number of hydrogen-bond acceptors (Lipinski definition) is 3. The zero-order chi connectivity index (χ0) is 20.6. The SMILES string of the molecule is C[n+]1ccn(C2=NC(n3cc[n+](C)c3)=NP(c3ccccc3)(c3ccccc3)=N2)c1. The van der Waals surface area contributed by atoms with Crippen LogP contribution >= 0.6 is 7.21 Å². The van der Waals surface area contributed by atoms with E-state index in [0.29, 0.717) is 11.9 Å². The first kappa shape index (κ1) is 18.5. The molecule has 2 aromatic heterocycles. The van der Waals surface area contributed by atoms with Crippen LogP contribution in [0, 0.1) is 0 Å². The number of aryl methyl sites for hydroxylation is 2. The summed E-state index contributed by atoms with van der Waals surface area (Å²) in [6.45, 7) is 0. The van der Waals surface area contributed by atoms with Crippen LogP contribution in [0.5, 0.6) is 0 Å². The summed E-state index contributed by atoms with van der Waals surface area (Å²) in [6.07, 6.45) is 11.8. The Morgan fingerprint density at radius 2 is 1.20 bits per heavy atom. The number of aliphatic imine (C=N–C) groups is 1. The summed E-state index contributed by atoms with van der Waals surface area (Å²) in [5.74, 6) is 1.25. The van der Waals surface area contributed by atoms with Gasteiger partial charge < -0.3 is 0 Å². The first-order valence-corrected chi connectivity index (χ1v) is 11.3. The second kappa shape index (κ2) is 7.35. The molecule has 148 valence electrons. The van der Waals surface area contributed by atoms with Crippen LogP contribution in [0.25, 0.3) is 0 Å². The molecule has 0 bridgehead atoms. The topological polar surface area (TPSA) is 54.7 Å².